The molecule has 52 heavy (non-hydrogen) atoms. The summed E-state index contributed by atoms with van der Waals surface area (Å²) in [5.74, 6) is -0.876. The fourth-order valence-corrected chi connectivity index (χ4v) is 11.0. The Balaban J connectivity index is 1.18. The number of aromatic nitrogens is 3. The first-order chi connectivity index (χ1) is 25.0. The quantitative estimate of drug-likeness (QED) is 0.107. The summed E-state index contributed by atoms with van der Waals surface area (Å²) >= 11 is 6.61. The number of nitrogens with zero attached hydrogens (tertiary/aromatic N) is 5. The van der Waals surface area contributed by atoms with Gasteiger partial charge in [0.2, 0.25) is 6.41 Å². The number of fused-ring (bicyclic) bond motifs is 2. The zero-order valence-electron chi connectivity index (χ0n) is 29.3. The van der Waals surface area contributed by atoms with Crippen LogP contribution in [0.4, 0.5) is 17.1 Å². The first-order valence-electron chi connectivity index (χ1n) is 17.5. The molecule has 1 aromatic heterocycles. The molecule has 268 valence electrons. The smallest absolute Gasteiger partial charge is 0.264 e. The van der Waals surface area contributed by atoms with Crippen LogP contribution in [0.3, 0.4) is 0 Å². The summed E-state index contributed by atoms with van der Waals surface area (Å²) in [6.45, 7) is 6.38. The van der Waals surface area contributed by atoms with E-state index in [-0.39, 0.29) is 36.4 Å². The maximum atomic E-state index is 14.9. The third kappa shape index (κ3) is 6.48. The highest BCUT2D eigenvalue weighted by Crippen LogP contribution is 2.60. The number of benzene rings is 4. The maximum absolute atomic E-state index is 14.9. The monoisotopic (exact) mass is 735 g/mol. The molecule has 0 bridgehead atoms. The van der Waals surface area contributed by atoms with Crippen molar-refractivity contribution in [2.24, 2.45) is 5.92 Å². The molecule has 5 atom stereocenters. The normalized spacial score (nSPS) is 21.8. The fourth-order valence-electron chi connectivity index (χ4n) is 8.22. The summed E-state index contributed by atoms with van der Waals surface area (Å²) in [7, 11) is -2.91. The number of aliphatic hydroxyl groups is 1. The van der Waals surface area contributed by atoms with Crippen molar-refractivity contribution in [1.29, 1.82) is 0 Å². The van der Waals surface area contributed by atoms with E-state index in [9.17, 15) is 19.5 Å². The number of anilines is 3. The van der Waals surface area contributed by atoms with E-state index >= 15 is 0 Å². The van der Waals surface area contributed by atoms with Crippen LogP contribution in [0.2, 0.25) is 23.7 Å². The SMILES string of the molecule is C[C@H]1[C@H]([Si](C)(C)O)[C@@H](CCn2cc(C(CO)c3ccccc3)nn2)O[C@]12C(=O)N(Cc1cccc(N(C=O)c3ccccc3)c1)c1ccc(Cl)cc12. The molecule has 1 unspecified atom stereocenters. The van der Waals surface area contributed by atoms with E-state index < -0.39 is 20.0 Å². The Morgan fingerprint density at radius 2 is 1.71 bits per heavy atom. The summed E-state index contributed by atoms with van der Waals surface area (Å²) in [5.41, 5.74) is 3.61. The van der Waals surface area contributed by atoms with Gasteiger partial charge in [-0.1, -0.05) is 84.4 Å². The molecule has 1 spiro atoms. The summed E-state index contributed by atoms with van der Waals surface area (Å²) in [5, 5.41) is 19.4. The lowest BCUT2D eigenvalue weighted by Crippen LogP contribution is -2.46. The Morgan fingerprint density at radius 3 is 2.40 bits per heavy atom. The van der Waals surface area contributed by atoms with Crippen LogP contribution in [0, 0.1) is 5.92 Å². The number of hydrogen-bond donors (Lipinski definition) is 2. The molecule has 1 saturated heterocycles. The Labute approximate surface area is 309 Å². The van der Waals surface area contributed by atoms with Crippen molar-refractivity contribution < 1.29 is 24.2 Å². The first kappa shape index (κ1) is 35.7. The fraction of sp³-hybridized carbons (Fsp3) is 0.300. The van der Waals surface area contributed by atoms with Crippen LogP contribution >= 0.6 is 11.6 Å². The number of ether oxygens (including phenoxy) is 1. The molecular formula is C40H42ClN5O5Si. The summed E-state index contributed by atoms with van der Waals surface area (Å²) < 4.78 is 8.73. The third-order valence-corrected chi connectivity index (χ3v) is 13.3. The molecule has 2 amide bonds. The molecule has 7 rings (SSSR count). The lowest BCUT2D eigenvalue weighted by atomic mass is 9.82. The maximum Gasteiger partial charge on any atom is 0.264 e. The topological polar surface area (TPSA) is 121 Å². The van der Waals surface area contributed by atoms with Gasteiger partial charge >= 0.3 is 0 Å². The molecule has 0 saturated carbocycles. The van der Waals surface area contributed by atoms with Gasteiger partial charge in [-0.25, -0.2) is 0 Å². The average molecular weight is 736 g/mol. The van der Waals surface area contributed by atoms with Gasteiger partial charge in [0.05, 0.1) is 36.6 Å². The Bertz CT molecular complexity index is 2060. The molecule has 2 aliphatic rings. The van der Waals surface area contributed by atoms with Gasteiger partial charge in [-0.2, -0.15) is 0 Å². The minimum absolute atomic E-state index is 0.103. The van der Waals surface area contributed by atoms with Crippen molar-refractivity contribution in [3.05, 3.63) is 137 Å². The van der Waals surface area contributed by atoms with E-state index in [1.807, 2.05) is 123 Å². The van der Waals surface area contributed by atoms with Crippen molar-refractivity contribution in [2.75, 3.05) is 16.4 Å². The van der Waals surface area contributed by atoms with Gasteiger partial charge in [0.1, 0.15) is 0 Å². The van der Waals surface area contributed by atoms with Gasteiger partial charge in [-0.05, 0) is 73.1 Å². The second-order valence-electron chi connectivity index (χ2n) is 14.2. The highest BCUT2D eigenvalue weighted by molar-refractivity contribution is 6.71. The van der Waals surface area contributed by atoms with E-state index in [1.165, 1.54) is 0 Å². The van der Waals surface area contributed by atoms with Gasteiger partial charge in [-0.15, -0.1) is 5.10 Å². The number of carbonyl (C=O) groups is 2. The molecule has 1 fully saturated rings. The summed E-state index contributed by atoms with van der Waals surface area (Å²) in [6, 6.07) is 32.1. The average Bonchev–Trinajstić information content (AvgIpc) is 3.79. The summed E-state index contributed by atoms with van der Waals surface area (Å²) in [4.78, 5) is 42.2. The first-order valence-corrected chi connectivity index (χ1v) is 20.9. The number of amides is 2. The second-order valence-corrected chi connectivity index (χ2v) is 18.6. The predicted octanol–water partition coefficient (Wildman–Crippen LogP) is 6.79. The van der Waals surface area contributed by atoms with Crippen molar-refractivity contribution in [3.63, 3.8) is 0 Å². The van der Waals surface area contributed by atoms with Crippen LogP contribution < -0.4 is 9.80 Å². The van der Waals surface area contributed by atoms with E-state index in [0.717, 1.165) is 23.2 Å². The van der Waals surface area contributed by atoms with Gasteiger partial charge in [-0.3, -0.25) is 19.2 Å². The van der Waals surface area contributed by atoms with Gasteiger partial charge in [0.15, 0.2) is 13.9 Å². The Hall–Kier alpha value is -4.65. The molecule has 2 aliphatic heterocycles. The zero-order valence-corrected chi connectivity index (χ0v) is 31.1. The predicted molar refractivity (Wildman–Crippen MR) is 203 cm³/mol. The standard InChI is InChI=1S/C40H42ClN5O5Si/c1-27-38(52(2,3)50)37(19-20-44-24-35(42-43-44)33(25-47)29-12-6-4-7-13-29)51-40(27)34-22-30(41)17-18-36(34)45(39(40)49)23-28-11-10-16-32(21-28)46(26-48)31-14-8-5-9-15-31/h4-18,21-22,24,26-27,33,37-38,47,50H,19-20,23,25H2,1-3H3/t27-,33?,37+,38-,40+/m0/s1. The lowest BCUT2D eigenvalue weighted by Gasteiger charge is -2.32. The number of aliphatic hydroxyl groups excluding tert-OH is 1. The molecule has 12 heteroatoms. The van der Waals surface area contributed by atoms with Crippen LogP contribution in [0.5, 0.6) is 0 Å². The second kappa shape index (κ2) is 14.4. The van der Waals surface area contributed by atoms with E-state index in [4.69, 9.17) is 16.3 Å². The van der Waals surface area contributed by atoms with Crippen molar-refractivity contribution in [2.45, 2.75) is 62.7 Å². The number of para-hydroxylation sites is 1. The van der Waals surface area contributed by atoms with Crippen molar-refractivity contribution in [3.8, 4) is 0 Å². The van der Waals surface area contributed by atoms with Crippen LogP contribution in [-0.4, -0.2) is 58.2 Å². The van der Waals surface area contributed by atoms with Crippen molar-refractivity contribution >= 4 is 49.3 Å². The minimum Gasteiger partial charge on any atom is -0.432 e. The van der Waals surface area contributed by atoms with Gasteiger partial charge in [0, 0.05) is 46.2 Å². The van der Waals surface area contributed by atoms with Gasteiger partial charge in [0.25, 0.3) is 5.91 Å². The summed E-state index contributed by atoms with van der Waals surface area (Å²) in [6.07, 6.45) is 2.65. The van der Waals surface area contributed by atoms with Gasteiger partial charge < -0.3 is 19.5 Å². The number of rotatable bonds is 12. The number of carbonyl (C=O) groups excluding carboxylic acids is 2. The molecule has 5 aromatic rings. The van der Waals surface area contributed by atoms with Crippen LogP contribution in [0.25, 0.3) is 0 Å². The highest BCUT2D eigenvalue weighted by atomic mass is 35.5. The van der Waals surface area contributed by atoms with E-state index in [1.54, 1.807) is 20.5 Å². The van der Waals surface area contributed by atoms with Crippen molar-refractivity contribution in [1.82, 2.24) is 15.0 Å². The number of hydrogen-bond acceptors (Lipinski definition) is 7. The molecule has 10 nitrogen and oxygen atoms in total. The molecule has 3 heterocycles. The molecule has 4 aromatic carbocycles. The van der Waals surface area contributed by atoms with Crippen LogP contribution in [0.1, 0.15) is 41.6 Å². The molecular weight excluding hydrogens is 694 g/mol. The highest BCUT2D eigenvalue weighted by Gasteiger charge is 2.66. The number of halogens is 1. The number of aryl methyl sites for hydroxylation is 1. The molecule has 0 aliphatic carbocycles. The largest absolute Gasteiger partial charge is 0.432 e. The zero-order chi connectivity index (χ0) is 36.6. The van der Waals surface area contributed by atoms with E-state index in [0.29, 0.717) is 40.6 Å². The third-order valence-electron chi connectivity index (χ3n) is 10.6. The minimum atomic E-state index is -2.91. The Morgan fingerprint density at radius 1 is 1.00 bits per heavy atom. The lowest BCUT2D eigenvalue weighted by molar-refractivity contribution is -0.146. The Kier molecular flexibility index (Phi) is 9.90. The molecule has 2 N–H and O–H groups in total. The van der Waals surface area contributed by atoms with E-state index in [2.05, 4.69) is 10.3 Å². The van der Waals surface area contributed by atoms with Crippen LogP contribution in [-0.2, 0) is 33.0 Å². The van der Waals surface area contributed by atoms with Crippen LogP contribution in [0.15, 0.2) is 109 Å². The molecule has 0 radical (unpaired) electrons.